The van der Waals surface area contributed by atoms with Crippen LogP contribution in [0.5, 0.6) is 0 Å². The van der Waals surface area contributed by atoms with E-state index in [1.165, 1.54) is 11.8 Å². The monoisotopic (exact) mass is 321 g/mol. The van der Waals surface area contributed by atoms with Gasteiger partial charge in [-0.15, -0.1) is 0 Å². The third-order valence-electron chi connectivity index (χ3n) is 4.57. The molecule has 1 saturated heterocycles. The van der Waals surface area contributed by atoms with Crippen molar-refractivity contribution in [3.05, 3.63) is 54.4 Å². The molecule has 1 N–H and O–H groups in total. The molecule has 0 unspecified atom stereocenters. The van der Waals surface area contributed by atoms with Gasteiger partial charge in [-0.25, -0.2) is 9.97 Å². The summed E-state index contributed by atoms with van der Waals surface area (Å²) in [5, 5.41) is 1.14. The van der Waals surface area contributed by atoms with Crippen LogP contribution in [0, 0.1) is 5.92 Å². The van der Waals surface area contributed by atoms with Crippen LogP contribution in [0.15, 0.2) is 43.1 Å². The Morgan fingerprint density at radius 1 is 1.29 bits per heavy atom. The Kier molecular flexibility index (Phi) is 3.94. The summed E-state index contributed by atoms with van der Waals surface area (Å²) in [5.41, 5.74) is 2.57. The first-order valence-electron chi connectivity index (χ1n) is 8.27. The largest absolute Gasteiger partial charge is 0.346 e. The number of carbonyl (C=O) groups excluding carboxylic acids is 1. The number of piperidine rings is 1. The summed E-state index contributed by atoms with van der Waals surface area (Å²) in [4.78, 5) is 30.1. The summed E-state index contributed by atoms with van der Waals surface area (Å²) in [6.07, 6.45) is 11.6. The minimum atomic E-state index is -0.0213. The fraction of sp³-hybridized carbons (Fsp3) is 0.333. The molecule has 3 aromatic heterocycles. The minimum absolute atomic E-state index is 0.0213. The van der Waals surface area contributed by atoms with Gasteiger partial charge in [-0.1, -0.05) is 0 Å². The lowest BCUT2D eigenvalue weighted by Crippen LogP contribution is -2.40. The lowest BCUT2D eigenvalue weighted by molar-refractivity contribution is 0.0667. The van der Waals surface area contributed by atoms with Crippen LogP contribution >= 0.6 is 0 Å². The highest BCUT2D eigenvalue weighted by atomic mass is 16.2. The lowest BCUT2D eigenvalue weighted by Gasteiger charge is -2.32. The maximum absolute atomic E-state index is 12.5. The van der Waals surface area contributed by atoms with Crippen molar-refractivity contribution in [2.24, 2.45) is 5.92 Å². The van der Waals surface area contributed by atoms with Gasteiger partial charge in [0.1, 0.15) is 11.3 Å². The third-order valence-corrected chi connectivity index (χ3v) is 4.57. The summed E-state index contributed by atoms with van der Waals surface area (Å²) in [6, 6.07) is 4.22. The summed E-state index contributed by atoms with van der Waals surface area (Å²) in [6.45, 7) is 1.56. The second-order valence-corrected chi connectivity index (χ2v) is 6.31. The van der Waals surface area contributed by atoms with Crippen LogP contribution < -0.4 is 0 Å². The minimum Gasteiger partial charge on any atom is -0.346 e. The lowest BCUT2D eigenvalue weighted by atomic mass is 9.91. The Balaban J connectivity index is 1.45. The van der Waals surface area contributed by atoms with Crippen molar-refractivity contribution in [3.8, 4) is 0 Å². The Labute approximate surface area is 140 Å². The van der Waals surface area contributed by atoms with Crippen molar-refractivity contribution in [3.63, 3.8) is 0 Å². The molecule has 0 saturated carbocycles. The van der Waals surface area contributed by atoms with Gasteiger partial charge in [-0.3, -0.25) is 9.78 Å². The van der Waals surface area contributed by atoms with E-state index in [1.807, 2.05) is 23.4 Å². The van der Waals surface area contributed by atoms with E-state index in [0.717, 1.165) is 43.4 Å². The third kappa shape index (κ3) is 2.99. The number of carbonyl (C=O) groups is 1. The second-order valence-electron chi connectivity index (χ2n) is 6.31. The number of aromatic amines is 1. The first-order chi connectivity index (χ1) is 11.8. The number of fused-ring (bicyclic) bond motifs is 1. The molecule has 3 aromatic rings. The van der Waals surface area contributed by atoms with E-state index in [4.69, 9.17) is 0 Å². The number of hydrogen-bond acceptors (Lipinski definition) is 4. The van der Waals surface area contributed by atoms with Crippen molar-refractivity contribution < 1.29 is 4.79 Å². The molecule has 0 aliphatic carbocycles. The van der Waals surface area contributed by atoms with Crippen molar-refractivity contribution in [1.82, 2.24) is 24.8 Å². The van der Waals surface area contributed by atoms with Gasteiger partial charge < -0.3 is 9.88 Å². The first kappa shape index (κ1) is 14.8. The van der Waals surface area contributed by atoms with Crippen LogP contribution in [0.3, 0.4) is 0 Å². The zero-order valence-corrected chi connectivity index (χ0v) is 13.4. The molecule has 122 valence electrons. The predicted octanol–water partition coefficient (Wildman–Crippen LogP) is 2.45. The van der Waals surface area contributed by atoms with Crippen LogP contribution in [0.4, 0.5) is 0 Å². The maximum atomic E-state index is 12.5. The molecule has 4 rings (SSSR count). The Bertz CT molecular complexity index is 845. The number of aromatic nitrogens is 4. The fourth-order valence-corrected chi connectivity index (χ4v) is 3.42. The Morgan fingerprint density at radius 2 is 2.25 bits per heavy atom. The van der Waals surface area contributed by atoms with Crippen molar-refractivity contribution in [1.29, 1.82) is 0 Å². The smallest absolute Gasteiger partial charge is 0.274 e. The molecule has 1 fully saturated rings. The summed E-state index contributed by atoms with van der Waals surface area (Å²) in [7, 11) is 0. The van der Waals surface area contributed by atoms with E-state index in [2.05, 4.69) is 26.0 Å². The topological polar surface area (TPSA) is 74.8 Å². The fourth-order valence-electron chi connectivity index (χ4n) is 3.42. The molecule has 6 heteroatoms. The van der Waals surface area contributed by atoms with Gasteiger partial charge in [-0.2, -0.15) is 0 Å². The van der Waals surface area contributed by atoms with E-state index in [-0.39, 0.29) is 5.91 Å². The summed E-state index contributed by atoms with van der Waals surface area (Å²) in [5.74, 6) is 0.435. The number of amides is 1. The normalized spacial score (nSPS) is 18.0. The first-order valence-corrected chi connectivity index (χ1v) is 8.27. The average molecular weight is 321 g/mol. The van der Waals surface area contributed by atoms with Crippen LogP contribution in [-0.4, -0.2) is 43.8 Å². The molecular weight excluding hydrogens is 302 g/mol. The molecule has 6 nitrogen and oxygen atoms in total. The molecule has 4 heterocycles. The Morgan fingerprint density at radius 3 is 3.12 bits per heavy atom. The van der Waals surface area contributed by atoms with Crippen LogP contribution in [0.1, 0.15) is 28.9 Å². The van der Waals surface area contributed by atoms with Gasteiger partial charge in [0.25, 0.3) is 5.91 Å². The van der Waals surface area contributed by atoms with E-state index in [9.17, 15) is 4.79 Å². The van der Waals surface area contributed by atoms with Gasteiger partial charge >= 0.3 is 0 Å². The predicted molar refractivity (Wildman–Crippen MR) is 90.5 cm³/mol. The zero-order chi connectivity index (χ0) is 16.4. The maximum Gasteiger partial charge on any atom is 0.274 e. The summed E-state index contributed by atoms with van der Waals surface area (Å²) >= 11 is 0. The van der Waals surface area contributed by atoms with Gasteiger partial charge in [0.15, 0.2) is 0 Å². The highest BCUT2D eigenvalue weighted by Gasteiger charge is 2.25. The molecule has 24 heavy (non-hydrogen) atoms. The second kappa shape index (κ2) is 6.39. The molecule has 1 atom stereocenters. The number of nitrogens with one attached hydrogen (secondary N) is 1. The number of rotatable bonds is 3. The number of H-pyrrole nitrogens is 1. The van der Waals surface area contributed by atoms with Crippen molar-refractivity contribution in [2.45, 2.75) is 19.3 Å². The molecule has 1 amide bonds. The molecule has 0 radical (unpaired) electrons. The van der Waals surface area contributed by atoms with Gasteiger partial charge in [-0.05, 0) is 42.9 Å². The van der Waals surface area contributed by atoms with Crippen LogP contribution in [0.25, 0.3) is 11.0 Å². The van der Waals surface area contributed by atoms with Crippen LogP contribution in [-0.2, 0) is 6.42 Å². The van der Waals surface area contributed by atoms with Gasteiger partial charge in [0.05, 0.1) is 6.20 Å². The van der Waals surface area contributed by atoms with Crippen molar-refractivity contribution in [2.75, 3.05) is 13.1 Å². The van der Waals surface area contributed by atoms with E-state index in [1.54, 1.807) is 12.4 Å². The molecule has 0 spiro atoms. The van der Waals surface area contributed by atoms with Crippen molar-refractivity contribution >= 4 is 16.9 Å². The van der Waals surface area contributed by atoms with Gasteiger partial charge in [0.2, 0.25) is 0 Å². The molecule has 1 aliphatic rings. The average Bonchev–Trinajstić information content (AvgIpc) is 3.10. The number of hydrogen-bond donors (Lipinski definition) is 1. The zero-order valence-electron chi connectivity index (χ0n) is 13.4. The number of pyridine rings is 1. The standard InChI is InChI=1S/C18H19N5O/c24-18(16-11-19-5-6-20-16)23-7-1-2-13(12-23)8-14-9-15-3-4-21-17(15)22-10-14/h3-6,9-11,13H,1-2,7-8,12H2,(H,21,22)/t13-/m0/s1. The highest BCUT2D eigenvalue weighted by Crippen LogP contribution is 2.23. The van der Waals surface area contributed by atoms with Gasteiger partial charge in [0, 0.05) is 43.3 Å². The number of nitrogens with zero attached hydrogens (tertiary/aromatic N) is 4. The SMILES string of the molecule is O=C(c1cnccn1)N1CCC[C@@H](Cc2cnc3[nH]ccc3c2)C1. The molecule has 0 aromatic carbocycles. The van der Waals surface area contributed by atoms with E-state index >= 15 is 0 Å². The van der Waals surface area contributed by atoms with E-state index in [0.29, 0.717) is 11.6 Å². The summed E-state index contributed by atoms with van der Waals surface area (Å²) < 4.78 is 0. The quantitative estimate of drug-likeness (QED) is 0.804. The number of likely N-dealkylation sites (tertiary alicyclic amines) is 1. The molecular formula is C18H19N5O. The molecule has 1 aliphatic heterocycles. The Hall–Kier alpha value is -2.76. The highest BCUT2D eigenvalue weighted by molar-refractivity contribution is 5.92. The molecule has 0 bridgehead atoms. The van der Waals surface area contributed by atoms with Crippen LogP contribution in [0.2, 0.25) is 0 Å². The van der Waals surface area contributed by atoms with E-state index < -0.39 is 0 Å².